The first-order valence-corrected chi connectivity index (χ1v) is 4.20. The molecule has 1 unspecified atom stereocenters. The maximum atomic E-state index is 11.6. The van der Waals surface area contributed by atoms with Gasteiger partial charge in [-0.05, 0) is 19.9 Å². The van der Waals surface area contributed by atoms with E-state index in [1.165, 1.54) is 6.92 Å². The van der Waals surface area contributed by atoms with E-state index in [0.29, 0.717) is 11.3 Å². The first-order valence-electron chi connectivity index (χ1n) is 4.20. The van der Waals surface area contributed by atoms with Crippen molar-refractivity contribution in [3.05, 3.63) is 17.3 Å². The largest absolute Gasteiger partial charge is 0.404 e. The van der Waals surface area contributed by atoms with Crippen LogP contribution in [0.2, 0.25) is 0 Å². The van der Waals surface area contributed by atoms with E-state index >= 15 is 0 Å². The molecule has 14 heavy (non-hydrogen) atoms. The molecular formula is C9H8N2O3. The topological polar surface area (TPSA) is 69.2 Å². The lowest BCUT2D eigenvalue weighted by Crippen LogP contribution is -2.32. The average molecular weight is 192 g/mol. The number of aryl methyl sites for hydroxylation is 1. The number of aromatic nitrogens is 2. The predicted octanol–water partition coefficient (Wildman–Crippen LogP) is 0.523. The molecule has 0 aromatic carbocycles. The minimum absolute atomic E-state index is 0.0173. The highest BCUT2D eigenvalue weighted by Crippen LogP contribution is 2.25. The minimum atomic E-state index is -0.744. The van der Waals surface area contributed by atoms with Crippen LogP contribution in [0.25, 0.3) is 0 Å². The molecule has 0 saturated carbocycles. The Bertz CT molecular complexity index is 428. The summed E-state index contributed by atoms with van der Waals surface area (Å²) in [4.78, 5) is 22.8. The summed E-state index contributed by atoms with van der Waals surface area (Å²) in [6.45, 7) is 3.24. The Morgan fingerprint density at radius 1 is 1.36 bits per heavy atom. The zero-order valence-electron chi connectivity index (χ0n) is 7.77. The van der Waals surface area contributed by atoms with Crippen molar-refractivity contribution in [3.63, 3.8) is 0 Å². The highest BCUT2D eigenvalue weighted by molar-refractivity contribution is 6.12. The van der Waals surface area contributed by atoms with Gasteiger partial charge in [-0.25, -0.2) is 0 Å². The molecule has 5 heteroatoms. The van der Waals surface area contributed by atoms with Gasteiger partial charge in [0.05, 0.1) is 11.3 Å². The molecule has 0 amide bonds. The molecule has 1 aromatic rings. The van der Waals surface area contributed by atoms with Crippen LogP contribution in [0.3, 0.4) is 0 Å². The van der Waals surface area contributed by atoms with Crippen LogP contribution in [-0.2, 0) is 4.79 Å². The van der Waals surface area contributed by atoms with Crippen LogP contribution in [0, 0.1) is 12.8 Å². The summed E-state index contributed by atoms with van der Waals surface area (Å²) < 4.78 is 4.84. The van der Waals surface area contributed by atoms with Crippen LogP contribution in [-0.4, -0.2) is 21.9 Å². The molecule has 0 bridgehead atoms. The van der Waals surface area contributed by atoms with Crippen molar-refractivity contribution >= 4 is 11.8 Å². The normalized spacial score (nSPS) is 20.3. The van der Waals surface area contributed by atoms with E-state index in [1.54, 1.807) is 13.0 Å². The van der Waals surface area contributed by atoms with Gasteiger partial charge in [-0.1, -0.05) is 0 Å². The van der Waals surface area contributed by atoms with Gasteiger partial charge in [0.25, 0.3) is 5.88 Å². The fourth-order valence-corrected chi connectivity index (χ4v) is 1.25. The molecule has 0 saturated heterocycles. The third kappa shape index (κ3) is 1.17. The second-order valence-electron chi connectivity index (χ2n) is 3.21. The molecule has 5 nitrogen and oxygen atoms in total. The number of carbonyl (C=O) groups is 2. The third-order valence-electron chi connectivity index (χ3n) is 2.09. The molecule has 0 spiro atoms. The van der Waals surface area contributed by atoms with Crippen molar-refractivity contribution in [2.75, 3.05) is 0 Å². The second-order valence-corrected chi connectivity index (χ2v) is 3.21. The Kier molecular flexibility index (Phi) is 1.80. The van der Waals surface area contributed by atoms with E-state index in [9.17, 15) is 9.59 Å². The Hall–Kier alpha value is -1.78. The van der Waals surface area contributed by atoms with Gasteiger partial charge < -0.3 is 4.74 Å². The van der Waals surface area contributed by atoms with Crippen LogP contribution in [0.15, 0.2) is 6.07 Å². The maximum absolute atomic E-state index is 11.6. The Morgan fingerprint density at radius 2 is 2.07 bits per heavy atom. The van der Waals surface area contributed by atoms with Crippen LogP contribution in [0.1, 0.15) is 23.0 Å². The van der Waals surface area contributed by atoms with Crippen molar-refractivity contribution in [2.45, 2.75) is 13.8 Å². The number of carbonyl (C=O) groups excluding carboxylic acids is 2. The molecule has 2 rings (SSSR count). The minimum Gasteiger partial charge on any atom is -0.404 e. The molecular weight excluding hydrogens is 184 g/mol. The molecule has 2 heterocycles. The number of nitrogens with zero attached hydrogens (tertiary/aromatic N) is 2. The lowest BCUT2D eigenvalue weighted by molar-refractivity contribution is -0.137. The standard InChI is InChI=1S/C9H8N2O3/c1-4-3-6-7(12)5(2)9(13)14-8(6)11-10-4/h3,5H,1-2H3. The third-order valence-corrected chi connectivity index (χ3v) is 2.09. The Balaban J connectivity index is 2.57. The quantitative estimate of drug-likeness (QED) is 0.442. The van der Waals surface area contributed by atoms with Crippen molar-refractivity contribution in [1.82, 2.24) is 10.2 Å². The Labute approximate surface area is 80.1 Å². The van der Waals surface area contributed by atoms with Gasteiger partial charge in [-0.15, -0.1) is 5.10 Å². The molecule has 0 radical (unpaired) electrons. The molecule has 0 fully saturated rings. The Morgan fingerprint density at radius 3 is 2.79 bits per heavy atom. The molecule has 1 atom stereocenters. The van der Waals surface area contributed by atoms with E-state index < -0.39 is 11.9 Å². The SMILES string of the molecule is Cc1cc2c(nn1)OC(=O)C(C)C2=O. The second kappa shape index (κ2) is 2.87. The zero-order valence-corrected chi connectivity index (χ0v) is 7.77. The molecule has 0 aliphatic carbocycles. The number of hydrogen-bond donors (Lipinski definition) is 0. The van der Waals surface area contributed by atoms with Gasteiger partial charge in [0.2, 0.25) is 0 Å². The number of esters is 1. The van der Waals surface area contributed by atoms with Gasteiger partial charge in [-0.2, -0.15) is 5.10 Å². The number of ketones is 1. The first kappa shape index (κ1) is 8.80. The molecule has 1 aliphatic heterocycles. The smallest absolute Gasteiger partial charge is 0.323 e. The number of Topliss-reactive ketones (excluding diaryl/α,β-unsaturated/α-hetero) is 1. The van der Waals surface area contributed by atoms with Crippen molar-refractivity contribution in [2.24, 2.45) is 5.92 Å². The molecule has 0 N–H and O–H groups in total. The average Bonchev–Trinajstić information content (AvgIpc) is 2.16. The van der Waals surface area contributed by atoms with Crippen molar-refractivity contribution in [3.8, 4) is 5.88 Å². The van der Waals surface area contributed by atoms with Crippen LogP contribution < -0.4 is 4.74 Å². The van der Waals surface area contributed by atoms with Gasteiger partial charge in [0.15, 0.2) is 5.78 Å². The summed E-state index contributed by atoms with van der Waals surface area (Å²) in [7, 11) is 0. The van der Waals surface area contributed by atoms with E-state index in [4.69, 9.17) is 4.74 Å². The molecule has 1 aromatic heterocycles. The monoisotopic (exact) mass is 192 g/mol. The lowest BCUT2D eigenvalue weighted by atomic mass is 9.98. The van der Waals surface area contributed by atoms with Gasteiger partial charge >= 0.3 is 5.97 Å². The van der Waals surface area contributed by atoms with E-state index in [-0.39, 0.29) is 11.7 Å². The summed E-state index contributed by atoms with van der Waals surface area (Å²) in [5.41, 5.74) is 0.965. The van der Waals surface area contributed by atoms with Crippen LogP contribution >= 0.6 is 0 Å². The summed E-state index contributed by atoms with van der Waals surface area (Å²) in [5, 5.41) is 7.35. The van der Waals surface area contributed by atoms with Crippen molar-refractivity contribution in [1.29, 1.82) is 0 Å². The fourth-order valence-electron chi connectivity index (χ4n) is 1.25. The van der Waals surface area contributed by atoms with E-state index in [0.717, 1.165) is 0 Å². The summed E-state index contributed by atoms with van der Waals surface area (Å²) >= 11 is 0. The number of rotatable bonds is 0. The summed E-state index contributed by atoms with van der Waals surface area (Å²) in [5.74, 6) is -1.55. The van der Waals surface area contributed by atoms with Gasteiger partial charge in [-0.3, -0.25) is 9.59 Å². The number of ether oxygens (including phenoxy) is 1. The first-order chi connectivity index (χ1) is 6.59. The molecule has 1 aliphatic rings. The van der Waals surface area contributed by atoms with Crippen molar-refractivity contribution < 1.29 is 14.3 Å². The van der Waals surface area contributed by atoms with E-state index in [2.05, 4.69) is 10.2 Å². The molecule has 72 valence electrons. The van der Waals surface area contributed by atoms with E-state index in [1.807, 2.05) is 0 Å². The maximum Gasteiger partial charge on any atom is 0.323 e. The van der Waals surface area contributed by atoms with Gasteiger partial charge in [0.1, 0.15) is 5.92 Å². The summed E-state index contributed by atoms with van der Waals surface area (Å²) in [6, 6.07) is 1.58. The van der Waals surface area contributed by atoms with Crippen LogP contribution in [0.4, 0.5) is 0 Å². The number of fused-ring (bicyclic) bond motifs is 1. The zero-order chi connectivity index (χ0) is 10.3. The van der Waals surface area contributed by atoms with Crippen LogP contribution in [0.5, 0.6) is 5.88 Å². The van der Waals surface area contributed by atoms with Gasteiger partial charge in [0, 0.05) is 0 Å². The number of hydrogen-bond acceptors (Lipinski definition) is 5. The lowest BCUT2D eigenvalue weighted by Gasteiger charge is -2.17. The fraction of sp³-hybridized carbons (Fsp3) is 0.333. The predicted molar refractivity (Wildman–Crippen MR) is 45.9 cm³/mol. The highest BCUT2D eigenvalue weighted by atomic mass is 16.5. The highest BCUT2D eigenvalue weighted by Gasteiger charge is 2.34. The summed E-state index contributed by atoms with van der Waals surface area (Å²) in [6.07, 6.45) is 0.